The summed E-state index contributed by atoms with van der Waals surface area (Å²) in [4.78, 5) is 0. The van der Waals surface area contributed by atoms with Crippen LogP contribution in [0.1, 0.15) is 0 Å². The molecule has 0 saturated carbocycles. The maximum Gasteiger partial charge on any atom is 0.442 e. The van der Waals surface area contributed by atoms with Gasteiger partial charge in [-0.25, -0.2) is 4.39 Å². The van der Waals surface area contributed by atoms with Crippen molar-refractivity contribution in [3.8, 4) is 0 Å². The van der Waals surface area contributed by atoms with Crippen LogP contribution in [0.2, 0.25) is 0 Å². The normalized spacial score (nSPS) is 13.1. The van der Waals surface area contributed by atoms with Crippen LogP contribution in [-0.4, -0.2) is 14.5 Å². The van der Waals surface area contributed by atoms with Crippen molar-refractivity contribution in [1.82, 2.24) is 0 Å². The lowest BCUT2D eigenvalue weighted by Gasteiger charge is -2.08. The third-order valence-electron chi connectivity index (χ3n) is 0.520. The molecule has 3 nitrogen and oxygen atoms in total. The first-order valence-electron chi connectivity index (χ1n) is 2.03. The van der Waals surface area contributed by atoms with Gasteiger partial charge in [-0.3, -0.25) is 0 Å². The van der Waals surface area contributed by atoms with Crippen LogP contribution in [0.4, 0.5) is 17.1 Å². The quantitative estimate of drug-likeness (QED) is 0.502. The minimum Gasteiger partial charge on any atom is -0.203 e. The molecule has 8 heteroatoms. The Kier molecular flexibility index (Phi) is 2.62. The topological polar surface area (TPSA) is 43.4 Å². The van der Waals surface area contributed by atoms with E-state index in [-0.39, 0.29) is 0 Å². The van der Waals surface area contributed by atoms with Gasteiger partial charge in [-0.1, -0.05) is 10.5 Å². The molecule has 0 unspecified atom stereocenters. The van der Waals surface area contributed by atoms with Gasteiger partial charge in [0.25, 0.3) is 0 Å². The highest BCUT2D eigenvalue weighted by Gasteiger charge is 2.41. The summed E-state index contributed by atoms with van der Waals surface area (Å²) in [6, 6.07) is 0. The molecule has 0 fully saturated rings. The van der Waals surface area contributed by atoms with Crippen LogP contribution in [0.25, 0.3) is 0 Å². The Hall–Kier alpha value is -0.630. The zero-order valence-electron chi connectivity index (χ0n) is 4.85. The molecule has 0 atom stereocenters. The Bertz CT molecular complexity index is 256. The van der Waals surface area contributed by atoms with Crippen LogP contribution in [0.15, 0.2) is 12.4 Å². The van der Waals surface area contributed by atoms with Gasteiger partial charge in [0.2, 0.25) is 0 Å². The van der Waals surface area contributed by atoms with Crippen molar-refractivity contribution < 1.29 is 29.7 Å². The Morgan fingerprint density at radius 2 is 1.82 bits per heavy atom. The Morgan fingerprint density at radius 1 is 1.45 bits per heavy atom. The number of alkyl halides is 2. The zero-order chi connectivity index (χ0) is 9.28. The predicted molar refractivity (Wildman–Crippen MR) is 26.3 cm³/mol. The summed E-state index contributed by atoms with van der Waals surface area (Å²) in [5.74, 6) is -2.39. The van der Waals surface area contributed by atoms with Gasteiger partial charge in [0.05, 0.1) is 0 Å². The highest BCUT2D eigenvalue weighted by Crippen LogP contribution is 2.27. The molecule has 0 aromatic carbocycles. The lowest BCUT2D eigenvalue weighted by Crippen LogP contribution is -2.23. The minimum absolute atomic E-state index is 2.04. The van der Waals surface area contributed by atoms with Gasteiger partial charge in [0, 0.05) is 0 Å². The summed E-state index contributed by atoms with van der Waals surface area (Å²) < 4.78 is 67.4. The molecular formula is C3H2F4O3S. The summed E-state index contributed by atoms with van der Waals surface area (Å²) >= 11 is 0. The van der Waals surface area contributed by atoms with E-state index in [0.717, 1.165) is 0 Å². The van der Waals surface area contributed by atoms with Gasteiger partial charge in [-0.05, 0) is 0 Å². The molecule has 11 heavy (non-hydrogen) atoms. The average molecular weight is 194 g/mol. The van der Waals surface area contributed by atoms with Gasteiger partial charge < -0.3 is 0 Å². The van der Waals surface area contributed by atoms with Gasteiger partial charge >= 0.3 is 16.6 Å². The molecule has 66 valence electrons. The van der Waals surface area contributed by atoms with E-state index in [0.29, 0.717) is 0 Å². The van der Waals surface area contributed by atoms with Crippen molar-refractivity contribution >= 4 is 10.5 Å². The SMILES string of the molecule is C=C(F)C(F)(F)OS(=O)(=O)F. The largest absolute Gasteiger partial charge is 0.442 e. The molecule has 0 spiro atoms. The second-order valence-electron chi connectivity index (χ2n) is 1.40. The molecule has 0 bridgehead atoms. The first kappa shape index (κ1) is 10.4. The molecule has 0 N–H and O–H groups in total. The fourth-order valence-electron chi connectivity index (χ4n) is 0.170. The van der Waals surface area contributed by atoms with Crippen LogP contribution < -0.4 is 0 Å². The molecule has 0 aromatic rings. The lowest BCUT2D eigenvalue weighted by atomic mass is 10.6. The molecule has 0 aliphatic rings. The molecular weight excluding hydrogens is 192 g/mol. The summed E-state index contributed by atoms with van der Waals surface area (Å²) in [5.41, 5.74) is 0. The van der Waals surface area contributed by atoms with Crippen molar-refractivity contribution in [3.05, 3.63) is 12.4 Å². The summed E-state index contributed by atoms with van der Waals surface area (Å²) in [7, 11) is -5.88. The maximum atomic E-state index is 11.7. The summed E-state index contributed by atoms with van der Waals surface area (Å²) in [5, 5.41) is 0. The van der Waals surface area contributed by atoms with E-state index in [2.05, 4.69) is 4.18 Å². The van der Waals surface area contributed by atoms with E-state index in [1.54, 1.807) is 0 Å². The molecule has 0 heterocycles. The van der Waals surface area contributed by atoms with Gasteiger partial charge in [-0.2, -0.15) is 21.4 Å². The molecule has 0 aliphatic heterocycles. The Labute approximate surface area is 59.7 Å². The van der Waals surface area contributed by atoms with Crippen LogP contribution in [0.3, 0.4) is 0 Å². The molecule has 0 amide bonds. The third-order valence-corrected chi connectivity index (χ3v) is 0.928. The van der Waals surface area contributed by atoms with Crippen LogP contribution in [0.5, 0.6) is 0 Å². The van der Waals surface area contributed by atoms with Crippen molar-refractivity contribution in [2.24, 2.45) is 0 Å². The molecule has 0 radical (unpaired) electrons. The summed E-state index contributed by atoms with van der Waals surface area (Å²) in [6.07, 6.45) is -4.84. The van der Waals surface area contributed by atoms with Crippen molar-refractivity contribution in [3.63, 3.8) is 0 Å². The van der Waals surface area contributed by atoms with E-state index < -0.39 is 22.4 Å². The predicted octanol–water partition coefficient (Wildman–Crippen LogP) is 1.29. The Morgan fingerprint density at radius 3 is 1.91 bits per heavy atom. The molecule has 0 rings (SSSR count). The minimum atomic E-state index is -5.88. The average Bonchev–Trinajstić information content (AvgIpc) is 1.56. The van der Waals surface area contributed by atoms with E-state index >= 15 is 0 Å². The van der Waals surface area contributed by atoms with Crippen LogP contribution in [-0.2, 0) is 14.7 Å². The first-order chi connectivity index (χ1) is 4.65. The van der Waals surface area contributed by atoms with E-state index in [1.807, 2.05) is 6.58 Å². The molecule has 0 saturated heterocycles. The van der Waals surface area contributed by atoms with Gasteiger partial charge in [0.15, 0.2) is 5.83 Å². The van der Waals surface area contributed by atoms with Crippen LogP contribution >= 0.6 is 0 Å². The fraction of sp³-hybridized carbons (Fsp3) is 0.333. The number of halogens is 4. The highest BCUT2D eigenvalue weighted by molar-refractivity contribution is 7.81. The Balaban J connectivity index is 4.51. The smallest absolute Gasteiger partial charge is 0.203 e. The van der Waals surface area contributed by atoms with E-state index in [9.17, 15) is 25.5 Å². The monoisotopic (exact) mass is 194 g/mol. The van der Waals surface area contributed by atoms with Gasteiger partial charge in [0.1, 0.15) is 0 Å². The van der Waals surface area contributed by atoms with Crippen LogP contribution in [0, 0.1) is 0 Å². The number of hydrogen-bond acceptors (Lipinski definition) is 3. The summed E-state index contributed by atoms with van der Waals surface area (Å²) in [6.45, 7) is 2.04. The molecule has 0 aromatic heterocycles. The second kappa shape index (κ2) is 2.78. The molecule has 0 aliphatic carbocycles. The lowest BCUT2D eigenvalue weighted by molar-refractivity contribution is -0.154. The van der Waals surface area contributed by atoms with E-state index in [1.165, 1.54) is 0 Å². The fourth-order valence-corrected chi connectivity index (χ4v) is 0.511. The van der Waals surface area contributed by atoms with Crippen molar-refractivity contribution in [2.75, 3.05) is 0 Å². The number of hydrogen-bond donors (Lipinski definition) is 0. The maximum absolute atomic E-state index is 11.7. The van der Waals surface area contributed by atoms with E-state index in [4.69, 9.17) is 0 Å². The third kappa shape index (κ3) is 3.94. The van der Waals surface area contributed by atoms with Crippen molar-refractivity contribution in [2.45, 2.75) is 6.11 Å². The zero-order valence-corrected chi connectivity index (χ0v) is 5.67. The number of rotatable bonds is 3. The highest BCUT2D eigenvalue weighted by atomic mass is 32.3. The van der Waals surface area contributed by atoms with Crippen molar-refractivity contribution in [1.29, 1.82) is 0 Å². The second-order valence-corrected chi connectivity index (χ2v) is 2.35. The standard InChI is InChI=1S/C3H2F4O3S/c1-2(4)3(5,6)10-11(7,8)9/h1H2. The first-order valence-corrected chi connectivity index (χ1v) is 3.34. The van der Waals surface area contributed by atoms with Gasteiger partial charge in [-0.15, -0.1) is 0 Å².